The first-order chi connectivity index (χ1) is 8.16. The molecule has 2 N–H and O–H groups in total. The zero-order chi connectivity index (χ0) is 12.0. The van der Waals surface area contributed by atoms with Crippen LogP contribution in [-0.2, 0) is 0 Å². The molecule has 2 aromatic rings. The molecule has 0 aliphatic carbocycles. The molecule has 0 spiro atoms. The quantitative estimate of drug-likeness (QED) is 0.753. The van der Waals surface area contributed by atoms with Gasteiger partial charge in [0.15, 0.2) is 17.5 Å². The predicted molar refractivity (Wildman–Crippen MR) is 55.9 cm³/mol. The summed E-state index contributed by atoms with van der Waals surface area (Å²) in [5, 5.41) is 3.18. The maximum atomic E-state index is 13.4. The van der Waals surface area contributed by atoms with E-state index in [1.807, 2.05) is 0 Å². The Kier molecular flexibility index (Phi) is 2.32. The van der Waals surface area contributed by atoms with Crippen LogP contribution in [0.15, 0.2) is 6.07 Å². The van der Waals surface area contributed by atoms with Crippen molar-refractivity contribution < 1.29 is 13.2 Å². The van der Waals surface area contributed by atoms with Crippen molar-refractivity contribution in [1.29, 1.82) is 0 Å². The van der Waals surface area contributed by atoms with Gasteiger partial charge < -0.3 is 10.3 Å². The molecule has 6 heteroatoms. The van der Waals surface area contributed by atoms with Crippen LogP contribution in [-0.4, -0.2) is 16.5 Å². The Labute approximate surface area is 95.0 Å². The normalized spacial score (nSPS) is 20.3. The van der Waals surface area contributed by atoms with E-state index in [0.29, 0.717) is 5.82 Å². The maximum absolute atomic E-state index is 13.4. The van der Waals surface area contributed by atoms with Crippen LogP contribution in [0, 0.1) is 17.5 Å². The number of nitrogens with zero attached hydrogens (tertiary/aromatic N) is 1. The highest BCUT2D eigenvalue weighted by atomic mass is 19.2. The third kappa shape index (κ3) is 1.59. The van der Waals surface area contributed by atoms with Gasteiger partial charge in [0.25, 0.3) is 0 Å². The lowest BCUT2D eigenvalue weighted by Gasteiger charge is -2.04. The largest absolute Gasteiger partial charge is 0.340 e. The molecule has 3 nitrogen and oxygen atoms in total. The van der Waals surface area contributed by atoms with Crippen molar-refractivity contribution in [2.45, 2.75) is 18.9 Å². The summed E-state index contributed by atoms with van der Waals surface area (Å²) in [6, 6.07) is 0.937. The SMILES string of the molecule is Fc1cc2[nH]c([C@@H]3CCCN3)nc2c(F)c1F. The zero-order valence-electron chi connectivity index (χ0n) is 8.86. The number of aromatic amines is 1. The summed E-state index contributed by atoms with van der Waals surface area (Å²) in [6.45, 7) is 0.868. The highest BCUT2D eigenvalue weighted by molar-refractivity contribution is 5.76. The lowest BCUT2D eigenvalue weighted by atomic mass is 10.2. The molecule has 0 bridgehead atoms. The first kappa shape index (κ1) is 10.6. The molecule has 0 saturated carbocycles. The van der Waals surface area contributed by atoms with Crippen LogP contribution in [0.4, 0.5) is 13.2 Å². The fourth-order valence-corrected chi connectivity index (χ4v) is 2.16. The third-order valence-corrected chi connectivity index (χ3v) is 3.02. The minimum atomic E-state index is -1.48. The highest BCUT2D eigenvalue weighted by Crippen LogP contribution is 2.26. The van der Waals surface area contributed by atoms with Gasteiger partial charge in [-0.25, -0.2) is 18.2 Å². The first-order valence-corrected chi connectivity index (χ1v) is 5.43. The fraction of sp³-hybridized carbons (Fsp3) is 0.364. The number of nitrogens with one attached hydrogen (secondary N) is 2. The summed E-state index contributed by atoms with van der Waals surface area (Å²) in [5.74, 6) is -3.39. The standard InChI is InChI=1S/C11H10F3N3/c12-5-4-7-10(9(14)8(5)13)17-11(16-7)6-2-1-3-15-6/h4,6,15H,1-3H2,(H,16,17)/t6-/m0/s1. The van der Waals surface area contributed by atoms with Crippen LogP contribution in [0.25, 0.3) is 11.0 Å². The molecule has 1 saturated heterocycles. The Balaban J connectivity index is 2.15. The number of H-pyrrole nitrogens is 1. The summed E-state index contributed by atoms with van der Waals surface area (Å²) in [6.07, 6.45) is 1.89. The Hall–Kier alpha value is -1.56. The Bertz CT molecular complexity index is 573. The van der Waals surface area contributed by atoms with Crippen molar-refractivity contribution in [2.75, 3.05) is 6.54 Å². The van der Waals surface area contributed by atoms with E-state index in [1.165, 1.54) is 0 Å². The second-order valence-electron chi connectivity index (χ2n) is 4.15. The van der Waals surface area contributed by atoms with Gasteiger partial charge in [0, 0.05) is 6.07 Å². The summed E-state index contributed by atoms with van der Waals surface area (Å²) in [5.41, 5.74) is 0.0395. The van der Waals surface area contributed by atoms with Crippen LogP contribution < -0.4 is 5.32 Å². The van der Waals surface area contributed by atoms with Crippen molar-refractivity contribution in [3.8, 4) is 0 Å². The van der Waals surface area contributed by atoms with Crippen molar-refractivity contribution in [1.82, 2.24) is 15.3 Å². The molecule has 17 heavy (non-hydrogen) atoms. The molecule has 0 amide bonds. The van der Waals surface area contributed by atoms with Crippen LogP contribution in [0.1, 0.15) is 24.7 Å². The van der Waals surface area contributed by atoms with Gasteiger partial charge in [0.1, 0.15) is 11.3 Å². The second-order valence-corrected chi connectivity index (χ2v) is 4.15. The molecule has 1 aromatic heterocycles. The number of hydrogen-bond acceptors (Lipinski definition) is 2. The van der Waals surface area contributed by atoms with Gasteiger partial charge >= 0.3 is 0 Å². The van der Waals surface area contributed by atoms with Gasteiger partial charge in [-0.15, -0.1) is 0 Å². The highest BCUT2D eigenvalue weighted by Gasteiger charge is 2.22. The molecule has 1 aliphatic rings. The Morgan fingerprint density at radius 1 is 1.24 bits per heavy atom. The average Bonchev–Trinajstić information content (AvgIpc) is 2.93. The van der Waals surface area contributed by atoms with Crippen molar-refractivity contribution >= 4 is 11.0 Å². The van der Waals surface area contributed by atoms with Gasteiger partial charge in [-0.3, -0.25) is 0 Å². The lowest BCUT2D eigenvalue weighted by Crippen LogP contribution is -2.14. The average molecular weight is 241 g/mol. The minimum Gasteiger partial charge on any atom is -0.340 e. The van der Waals surface area contributed by atoms with E-state index >= 15 is 0 Å². The molecule has 3 rings (SSSR count). The van der Waals surface area contributed by atoms with E-state index in [1.54, 1.807) is 0 Å². The zero-order valence-corrected chi connectivity index (χ0v) is 8.86. The van der Waals surface area contributed by atoms with Crippen molar-refractivity contribution in [3.63, 3.8) is 0 Å². The van der Waals surface area contributed by atoms with Gasteiger partial charge in [0.05, 0.1) is 11.6 Å². The van der Waals surface area contributed by atoms with Crippen LogP contribution in [0.2, 0.25) is 0 Å². The first-order valence-electron chi connectivity index (χ1n) is 5.43. The number of imidazole rings is 1. The lowest BCUT2D eigenvalue weighted by molar-refractivity contribution is 0.452. The summed E-state index contributed by atoms with van der Waals surface area (Å²) in [7, 11) is 0. The number of fused-ring (bicyclic) bond motifs is 1. The van der Waals surface area contributed by atoms with Gasteiger partial charge in [-0.1, -0.05) is 0 Å². The van der Waals surface area contributed by atoms with Gasteiger partial charge in [-0.2, -0.15) is 0 Å². The monoisotopic (exact) mass is 241 g/mol. The van der Waals surface area contributed by atoms with Crippen LogP contribution >= 0.6 is 0 Å². The molecular formula is C11H10F3N3. The van der Waals surface area contributed by atoms with E-state index in [9.17, 15) is 13.2 Å². The number of rotatable bonds is 1. The number of halogens is 3. The molecule has 1 fully saturated rings. The third-order valence-electron chi connectivity index (χ3n) is 3.02. The minimum absolute atomic E-state index is 0.00734. The van der Waals surface area contributed by atoms with Crippen LogP contribution in [0.3, 0.4) is 0 Å². The topological polar surface area (TPSA) is 40.7 Å². The van der Waals surface area contributed by atoms with E-state index in [4.69, 9.17) is 0 Å². The Morgan fingerprint density at radius 3 is 2.76 bits per heavy atom. The Morgan fingerprint density at radius 2 is 2.06 bits per heavy atom. The molecule has 90 valence electrons. The molecule has 0 radical (unpaired) electrons. The molecule has 1 atom stereocenters. The summed E-state index contributed by atoms with van der Waals surface area (Å²) >= 11 is 0. The fourth-order valence-electron chi connectivity index (χ4n) is 2.16. The van der Waals surface area contributed by atoms with E-state index in [-0.39, 0.29) is 17.1 Å². The molecule has 1 aliphatic heterocycles. The van der Waals surface area contributed by atoms with Crippen LogP contribution in [0.5, 0.6) is 0 Å². The summed E-state index contributed by atoms with van der Waals surface area (Å²) < 4.78 is 39.5. The number of benzene rings is 1. The molecule has 1 aromatic carbocycles. The number of hydrogen-bond donors (Lipinski definition) is 2. The smallest absolute Gasteiger partial charge is 0.196 e. The molecule has 0 unspecified atom stereocenters. The van der Waals surface area contributed by atoms with Crippen molar-refractivity contribution in [3.05, 3.63) is 29.3 Å². The van der Waals surface area contributed by atoms with Gasteiger partial charge in [0.2, 0.25) is 0 Å². The van der Waals surface area contributed by atoms with Gasteiger partial charge in [-0.05, 0) is 19.4 Å². The molecule has 2 heterocycles. The maximum Gasteiger partial charge on any atom is 0.196 e. The summed E-state index contributed by atoms with van der Waals surface area (Å²) in [4.78, 5) is 6.82. The molecular weight excluding hydrogens is 231 g/mol. The van der Waals surface area contributed by atoms with E-state index in [0.717, 1.165) is 25.5 Å². The predicted octanol–water partition coefficient (Wildman–Crippen LogP) is 2.40. The second kappa shape index (κ2) is 3.73. The van der Waals surface area contributed by atoms with E-state index < -0.39 is 17.5 Å². The van der Waals surface area contributed by atoms with E-state index in [2.05, 4.69) is 15.3 Å². The number of aromatic nitrogens is 2. The van der Waals surface area contributed by atoms with Crippen molar-refractivity contribution in [2.24, 2.45) is 0 Å².